The van der Waals surface area contributed by atoms with E-state index in [2.05, 4.69) is 0 Å². The van der Waals surface area contributed by atoms with Crippen molar-refractivity contribution in [3.63, 3.8) is 0 Å². The molecule has 0 radical (unpaired) electrons. The summed E-state index contributed by atoms with van der Waals surface area (Å²) in [4.78, 5) is 0. The van der Waals surface area contributed by atoms with Crippen molar-refractivity contribution < 1.29 is 9.84 Å². The highest BCUT2D eigenvalue weighted by Crippen LogP contribution is 2.26. The summed E-state index contributed by atoms with van der Waals surface area (Å²) in [6, 6.07) is 3.62. The summed E-state index contributed by atoms with van der Waals surface area (Å²) in [5, 5.41) is 9.37. The van der Waals surface area contributed by atoms with Crippen molar-refractivity contribution in [2.24, 2.45) is 0 Å². The number of hydrogen-bond acceptors (Lipinski definition) is 2. The molecule has 2 heteroatoms. The molecule has 1 rings (SSSR count). The van der Waals surface area contributed by atoms with Crippen LogP contribution in [0.4, 0.5) is 0 Å². The third-order valence-corrected chi connectivity index (χ3v) is 1.70. The molecule has 0 aliphatic carbocycles. The Morgan fingerprint density at radius 2 is 1.64 bits per heavy atom. The van der Waals surface area contributed by atoms with Crippen LogP contribution in [0.2, 0.25) is 0 Å². The van der Waals surface area contributed by atoms with Crippen molar-refractivity contribution in [3.05, 3.63) is 23.3 Å². The maximum atomic E-state index is 9.37. The Kier molecular flexibility index (Phi) is 2.03. The second kappa shape index (κ2) is 2.82. The Labute approximate surface area is 66.4 Å². The van der Waals surface area contributed by atoms with E-state index in [0.717, 1.165) is 16.9 Å². The molecule has 1 aromatic rings. The number of aromatic hydroxyl groups is 1. The summed E-state index contributed by atoms with van der Waals surface area (Å²) >= 11 is 0. The van der Waals surface area contributed by atoms with Crippen molar-refractivity contribution >= 4 is 0 Å². The van der Waals surface area contributed by atoms with Gasteiger partial charge in [-0.2, -0.15) is 0 Å². The van der Waals surface area contributed by atoms with Crippen LogP contribution in [0.25, 0.3) is 0 Å². The number of phenolic OH excluding ortho intramolecular Hbond substituents is 1. The zero-order valence-electron chi connectivity index (χ0n) is 7.01. The number of rotatable bonds is 1. The van der Waals surface area contributed by atoms with E-state index in [9.17, 15) is 5.11 Å². The molecule has 60 valence electrons. The van der Waals surface area contributed by atoms with Gasteiger partial charge in [-0.05, 0) is 37.1 Å². The monoisotopic (exact) mass is 152 g/mol. The minimum atomic E-state index is 0.353. The van der Waals surface area contributed by atoms with Crippen LogP contribution in [0.5, 0.6) is 11.5 Å². The Bertz CT molecular complexity index is 243. The summed E-state index contributed by atoms with van der Waals surface area (Å²) < 4.78 is 5.02. The van der Waals surface area contributed by atoms with E-state index < -0.39 is 0 Å². The van der Waals surface area contributed by atoms with Crippen LogP contribution < -0.4 is 4.74 Å². The van der Waals surface area contributed by atoms with Crippen molar-refractivity contribution in [2.45, 2.75) is 13.8 Å². The lowest BCUT2D eigenvalue weighted by atomic mass is 10.1. The molecule has 0 spiro atoms. The van der Waals surface area contributed by atoms with Crippen LogP contribution in [-0.4, -0.2) is 12.2 Å². The van der Waals surface area contributed by atoms with Gasteiger partial charge >= 0.3 is 0 Å². The molecule has 0 unspecified atom stereocenters. The molecule has 0 fully saturated rings. The van der Waals surface area contributed by atoms with Gasteiger partial charge in [-0.15, -0.1) is 0 Å². The van der Waals surface area contributed by atoms with Crippen molar-refractivity contribution in [2.75, 3.05) is 7.11 Å². The number of aryl methyl sites for hydroxylation is 2. The van der Waals surface area contributed by atoms with Gasteiger partial charge in [-0.3, -0.25) is 0 Å². The third kappa shape index (κ3) is 1.45. The molecule has 0 atom stereocenters. The molecule has 11 heavy (non-hydrogen) atoms. The van der Waals surface area contributed by atoms with E-state index in [1.807, 2.05) is 26.0 Å². The molecule has 0 aromatic heterocycles. The van der Waals surface area contributed by atoms with Crippen molar-refractivity contribution in [3.8, 4) is 11.5 Å². The van der Waals surface area contributed by atoms with Gasteiger partial charge in [-0.1, -0.05) is 0 Å². The van der Waals surface area contributed by atoms with Gasteiger partial charge in [0.2, 0.25) is 0 Å². The summed E-state index contributed by atoms with van der Waals surface area (Å²) in [6.07, 6.45) is 0. The number of hydrogen-bond donors (Lipinski definition) is 1. The van der Waals surface area contributed by atoms with Gasteiger partial charge in [0.15, 0.2) is 0 Å². The second-order valence-corrected chi connectivity index (χ2v) is 2.61. The molecule has 0 amide bonds. The van der Waals surface area contributed by atoms with Crippen molar-refractivity contribution in [1.29, 1.82) is 0 Å². The smallest absolute Gasteiger partial charge is 0.121 e. The fraction of sp³-hybridized carbons (Fsp3) is 0.333. The van der Waals surface area contributed by atoms with Gasteiger partial charge in [-0.25, -0.2) is 0 Å². The molecular formula is C9H12O2. The van der Waals surface area contributed by atoms with Crippen LogP contribution >= 0.6 is 0 Å². The number of benzene rings is 1. The van der Waals surface area contributed by atoms with Crippen LogP contribution in [0, 0.1) is 13.8 Å². The molecule has 0 saturated heterocycles. The Hall–Kier alpha value is -1.18. The van der Waals surface area contributed by atoms with E-state index in [1.165, 1.54) is 0 Å². The fourth-order valence-electron chi connectivity index (χ4n) is 1.03. The molecule has 0 bridgehead atoms. The SMILES string of the molecule is COc1cc(C)c(O)c(C)c1. The maximum Gasteiger partial charge on any atom is 0.121 e. The highest BCUT2D eigenvalue weighted by molar-refractivity contribution is 5.44. The minimum Gasteiger partial charge on any atom is -0.507 e. The van der Waals surface area contributed by atoms with E-state index in [4.69, 9.17) is 4.74 Å². The molecule has 1 N–H and O–H groups in total. The quantitative estimate of drug-likeness (QED) is 0.667. The van der Waals surface area contributed by atoms with Crippen LogP contribution in [0.1, 0.15) is 11.1 Å². The number of phenols is 1. The lowest BCUT2D eigenvalue weighted by Crippen LogP contribution is -1.86. The lowest BCUT2D eigenvalue weighted by molar-refractivity contribution is 0.410. The first-order valence-electron chi connectivity index (χ1n) is 3.49. The highest BCUT2D eigenvalue weighted by atomic mass is 16.5. The number of ether oxygens (including phenoxy) is 1. The fourth-order valence-corrected chi connectivity index (χ4v) is 1.03. The van der Waals surface area contributed by atoms with Crippen molar-refractivity contribution in [1.82, 2.24) is 0 Å². The predicted octanol–water partition coefficient (Wildman–Crippen LogP) is 2.02. The van der Waals surface area contributed by atoms with Crippen LogP contribution in [-0.2, 0) is 0 Å². The lowest BCUT2D eigenvalue weighted by Gasteiger charge is -2.05. The Morgan fingerprint density at radius 1 is 1.18 bits per heavy atom. The highest BCUT2D eigenvalue weighted by Gasteiger charge is 2.01. The van der Waals surface area contributed by atoms with Gasteiger partial charge < -0.3 is 9.84 Å². The zero-order valence-corrected chi connectivity index (χ0v) is 7.01. The predicted molar refractivity (Wildman–Crippen MR) is 44.1 cm³/mol. The van der Waals surface area contributed by atoms with Gasteiger partial charge in [0.05, 0.1) is 7.11 Å². The third-order valence-electron chi connectivity index (χ3n) is 1.70. The topological polar surface area (TPSA) is 29.5 Å². The minimum absolute atomic E-state index is 0.353. The first-order chi connectivity index (χ1) is 5.15. The Balaban J connectivity index is 3.21. The average Bonchev–Trinajstić information content (AvgIpc) is 1.99. The maximum absolute atomic E-state index is 9.37. The normalized spacial score (nSPS) is 9.73. The molecule has 1 aromatic carbocycles. The van der Waals surface area contributed by atoms with Crippen LogP contribution in [0.3, 0.4) is 0 Å². The van der Waals surface area contributed by atoms with Gasteiger partial charge in [0, 0.05) is 0 Å². The summed E-state index contributed by atoms with van der Waals surface area (Å²) in [5.74, 6) is 1.14. The van der Waals surface area contributed by atoms with Gasteiger partial charge in [0.25, 0.3) is 0 Å². The molecule has 0 aliphatic rings. The summed E-state index contributed by atoms with van der Waals surface area (Å²) in [5.41, 5.74) is 1.70. The second-order valence-electron chi connectivity index (χ2n) is 2.61. The summed E-state index contributed by atoms with van der Waals surface area (Å²) in [6.45, 7) is 3.70. The van der Waals surface area contributed by atoms with E-state index in [-0.39, 0.29) is 0 Å². The first-order valence-corrected chi connectivity index (χ1v) is 3.49. The number of methoxy groups -OCH3 is 1. The Morgan fingerprint density at radius 3 is 2.00 bits per heavy atom. The van der Waals surface area contributed by atoms with Gasteiger partial charge in [0.1, 0.15) is 11.5 Å². The first kappa shape index (κ1) is 7.92. The standard InChI is InChI=1S/C9H12O2/c1-6-4-8(11-3)5-7(2)9(6)10/h4-5,10H,1-3H3. The zero-order chi connectivity index (χ0) is 8.43. The molecule has 0 aliphatic heterocycles. The largest absolute Gasteiger partial charge is 0.507 e. The van der Waals surface area contributed by atoms with E-state index in [1.54, 1.807) is 7.11 Å². The molecular weight excluding hydrogens is 140 g/mol. The van der Waals surface area contributed by atoms with E-state index >= 15 is 0 Å². The molecule has 0 heterocycles. The van der Waals surface area contributed by atoms with Crippen LogP contribution in [0.15, 0.2) is 12.1 Å². The average molecular weight is 152 g/mol. The van der Waals surface area contributed by atoms with E-state index in [0.29, 0.717) is 5.75 Å². The summed E-state index contributed by atoms with van der Waals surface area (Å²) in [7, 11) is 1.62. The molecule has 0 saturated carbocycles. The molecule has 2 nitrogen and oxygen atoms in total.